The standard InChI is InChI=1S/C24H25Cl2NO3/c25-20-13-18(14-21(26)22(20)24(29)30)16-8-6-15(7-9-16)12-17-10-11-27(23(17)28)19-4-2-1-3-5-19/h6-9,13-14,17,19H,1-5,10-12H2,(H,29,30). The monoisotopic (exact) mass is 445 g/mol. The van der Waals surface area contributed by atoms with Crippen LogP contribution in [0.4, 0.5) is 0 Å². The van der Waals surface area contributed by atoms with Crippen LogP contribution >= 0.6 is 23.2 Å². The summed E-state index contributed by atoms with van der Waals surface area (Å²) in [6.45, 7) is 0.888. The molecule has 2 aromatic rings. The number of likely N-dealkylation sites (tertiary alicyclic amines) is 1. The summed E-state index contributed by atoms with van der Waals surface area (Å²) in [7, 11) is 0. The quantitative estimate of drug-likeness (QED) is 0.606. The molecule has 30 heavy (non-hydrogen) atoms. The predicted octanol–water partition coefficient (Wildman–Crippen LogP) is 6.08. The second-order valence-corrected chi connectivity index (χ2v) is 9.14. The van der Waals surface area contributed by atoms with E-state index in [1.54, 1.807) is 12.1 Å². The SMILES string of the molecule is O=C(O)c1c(Cl)cc(-c2ccc(CC3CCN(C4CCCCC4)C3=O)cc2)cc1Cl. The van der Waals surface area contributed by atoms with E-state index in [-0.39, 0.29) is 21.5 Å². The molecule has 1 saturated carbocycles. The van der Waals surface area contributed by atoms with Crippen LogP contribution in [0.5, 0.6) is 0 Å². The summed E-state index contributed by atoms with van der Waals surface area (Å²) < 4.78 is 0. The van der Waals surface area contributed by atoms with E-state index in [4.69, 9.17) is 23.2 Å². The highest BCUT2D eigenvalue weighted by Crippen LogP contribution is 2.33. The van der Waals surface area contributed by atoms with Crippen molar-refractivity contribution < 1.29 is 14.7 Å². The number of hydrogen-bond donors (Lipinski definition) is 1. The Morgan fingerprint density at radius 3 is 2.20 bits per heavy atom. The molecular formula is C24H25Cl2NO3. The van der Waals surface area contributed by atoms with Crippen LogP contribution in [-0.2, 0) is 11.2 Å². The van der Waals surface area contributed by atoms with Crippen molar-refractivity contribution in [3.8, 4) is 11.1 Å². The molecule has 4 rings (SSSR count). The van der Waals surface area contributed by atoms with Gasteiger partial charge in [-0.05, 0) is 54.5 Å². The van der Waals surface area contributed by atoms with Crippen LogP contribution < -0.4 is 0 Å². The minimum atomic E-state index is -1.14. The van der Waals surface area contributed by atoms with E-state index < -0.39 is 5.97 Å². The third-order valence-electron chi connectivity index (χ3n) is 6.39. The highest BCUT2D eigenvalue weighted by Gasteiger charge is 2.36. The van der Waals surface area contributed by atoms with Crippen molar-refractivity contribution in [2.24, 2.45) is 5.92 Å². The Bertz CT molecular complexity index is 928. The lowest BCUT2D eigenvalue weighted by Crippen LogP contribution is -2.39. The summed E-state index contributed by atoms with van der Waals surface area (Å²) in [4.78, 5) is 26.3. The normalized spacial score (nSPS) is 20.0. The van der Waals surface area contributed by atoms with Crippen LogP contribution in [0.25, 0.3) is 11.1 Å². The van der Waals surface area contributed by atoms with Gasteiger partial charge in [0.1, 0.15) is 0 Å². The second kappa shape index (κ2) is 8.99. The van der Waals surface area contributed by atoms with Gasteiger partial charge in [-0.15, -0.1) is 0 Å². The van der Waals surface area contributed by atoms with Crippen molar-refractivity contribution in [1.29, 1.82) is 0 Å². The van der Waals surface area contributed by atoms with Gasteiger partial charge in [-0.25, -0.2) is 4.79 Å². The Hall–Kier alpha value is -2.04. The van der Waals surface area contributed by atoms with Crippen molar-refractivity contribution in [3.05, 3.63) is 57.6 Å². The van der Waals surface area contributed by atoms with Gasteiger partial charge in [-0.3, -0.25) is 4.79 Å². The lowest BCUT2D eigenvalue weighted by atomic mass is 9.93. The topological polar surface area (TPSA) is 57.6 Å². The second-order valence-electron chi connectivity index (χ2n) is 8.33. The van der Waals surface area contributed by atoms with Gasteiger partial charge in [0.05, 0.1) is 15.6 Å². The summed E-state index contributed by atoms with van der Waals surface area (Å²) in [6, 6.07) is 11.7. The lowest BCUT2D eigenvalue weighted by Gasteiger charge is -2.31. The first kappa shape index (κ1) is 21.2. The first-order valence-corrected chi connectivity index (χ1v) is 11.3. The Kier molecular flexibility index (Phi) is 6.35. The van der Waals surface area contributed by atoms with Crippen molar-refractivity contribution in [3.63, 3.8) is 0 Å². The van der Waals surface area contributed by atoms with Crippen LogP contribution in [-0.4, -0.2) is 34.5 Å². The van der Waals surface area contributed by atoms with E-state index in [0.29, 0.717) is 11.9 Å². The molecule has 1 amide bonds. The van der Waals surface area contributed by atoms with Gasteiger partial charge in [0.25, 0.3) is 0 Å². The zero-order valence-corrected chi connectivity index (χ0v) is 18.3. The maximum absolute atomic E-state index is 12.9. The smallest absolute Gasteiger partial charge is 0.338 e. The molecular weight excluding hydrogens is 421 g/mol. The van der Waals surface area contributed by atoms with Crippen molar-refractivity contribution >= 4 is 35.1 Å². The number of aromatic carboxylic acids is 1. The van der Waals surface area contributed by atoms with E-state index >= 15 is 0 Å². The molecule has 1 atom stereocenters. The number of carboxylic acid groups (broad SMARTS) is 1. The number of nitrogens with zero attached hydrogens (tertiary/aromatic N) is 1. The van der Waals surface area contributed by atoms with Crippen LogP contribution in [0.15, 0.2) is 36.4 Å². The fourth-order valence-corrected chi connectivity index (χ4v) is 5.42. The van der Waals surface area contributed by atoms with Gasteiger partial charge < -0.3 is 10.0 Å². The molecule has 6 heteroatoms. The van der Waals surface area contributed by atoms with Crippen LogP contribution in [0.1, 0.15) is 54.4 Å². The van der Waals surface area contributed by atoms with Crippen LogP contribution in [0.2, 0.25) is 10.0 Å². The third-order valence-corrected chi connectivity index (χ3v) is 6.99. The molecule has 2 aromatic carbocycles. The molecule has 2 aliphatic rings. The number of benzene rings is 2. The van der Waals surface area contributed by atoms with E-state index in [9.17, 15) is 14.7 Å². The Balaban J connectivity index is 1.44. The van der Waals surface area contributed by atoms with Crippen molar-refractivity contribution in [2.75, 3.05) is 6.54 Å². The summed E-state index contributed by atoms with van der Waals surface area (Å²) in [5.41, 5.74) is 2.71. The maximum Gasteiger partial charge on any atom is 0.338 e. The number of carbonyl (C=O) groups excluding carboxylic acids is 1. The van der Waals surface area contributed by atoms with Gasteiger partial charge in [-0.1, -0.05) is 66.7 Å². The molecule has 1 saturated heterocycles. The molecule has 0 aromatic heterocycles. The number of rotatable bonds is 5. The molecule has 0 bridgehead atoms. The average Bonchev–Trinajstić information content (AvgIpc) is 3.08. The molecule has 2 fully saturated rings. The summed E-state index contributed by atoms with van der Waals surface area (Å²) in [5.74, 6) is -0.763. The first-order chi connectivity index (χ1) is 14.4. The zero-order chi connectivity index (χ0) is 21.3. The summed E-state index contributed by atoms with van der Waals surface area (Å²) in [5, 5.41) is 9.44. The van der Waals surface area contributed by atoms with E-state index in [1.807, 2.05) is 24.3 Å². The van der Waals surface area contributed by atoms with Gasteiger partial charge in [0.15, 0.2) is 0 Å². The number of halogens is 2. The number of carbonyl (C=O) groups is 2. The van der Waals surface area contributed by atoms with E-state index in [2.05, 4.69) is 4.90 Å². The molecule has 0 radical (unpaired) electrons. The first-order valence-electron chi connectivity index (χ1n) is 10.6. The van der Waals surface area contributed by atoms with Gasteiger partial charge >= 0.3 is 5.97 Å². The predicted molar refractivity (Wildman–Crippen MR) is 119 cm³/mol. The number of hydrogen-bond acceptors (Lipinski definition) is 2. The highest BCUT2D eigenvalue weighted by molar-refractivity contribution is 6.39. The fraction of sp³-hybridized carbons (Fsp3) is 0.417. The van der Waals surface area contributed by atoms with Crippen LogP contribution in [0, 0.1) is 5.92 Å². The minimum absolute atomic E-state index is 0.0662. The van der Waals surface area contributed by atoms with Gasteiger partial charge in [-0.2, -0.15) is 0 Å². The summed E-state index contributed by atoms with van der Waals surface area (Å²) >= 11 is 12.2. The van der Waals surface area contributed by atoms with Crippen molar-refractivity contribution in [2.45, 2.75) is 51.0 Å². The Morgan fingerprint density at radius 2 is 1.60 bits per heavy atom. The van der Waals surface area contributed by atoms with E-state index in [1.165, 1.54) is 19.3 Å². The minimum Gasteiger partial charge on any atom is -0.478 e. The summed E-state index contributed by atoms with van der Waals surface area (Å²) in [6.07, 6.45) is 7.76. The molecule has 1 aliphatic carbocycles. The average molecular weight is 446 g/mol. The van der Waals surface area contributed by atoms with Crippen LogP contribution in [0.3, 0.4) is 0 Å². The Labute approximate surface area is 186 Å². The molecule has 158 valence electrons. The third kappa shape index (κ3) is 4.35. The number of carboxylic acids is 1. The maximum atomic E-state index is 12.9. The lowest BCUT2D eigenvalue weighted by molar-refractivity contribution is -0.133. The molecule has 0 spiro atoms. The van der Waals surface area contributed by atoms with Gasteiger partial charge in [0.2, 0.25) is 5.91 Å². The molecule has 1 N–H and O–H groups in total. The molecule has 1 aliphatic heterocycles. The zero-order valence-electron chi connectivity index (χ0n) is 16.7. The van der Waals surface area contributed by atoms with E-state index in [0.717, 1.165) is 48.9 Å². The number of amides is 1. The fourth-order valence-electron chi connectivity index (χ4n) is 4.77. The van der Waals surface area contributed by atoms with Gasteiger partial charge in [0, 0.05) is 18.5 Å². The molecule has 4 nitrogen and oxygen atoms in total. The molecule has 1 unspecified atom stereocenters. The molecule has 1 heterocycles. The Morgan fingerprint density at radius 1 is 0.967 bits per heavy atom. The highest BCUT2D eigenvalue weighted by atomic mass is 35.5. The van der Waals surface area contributed by atoms with Crippen molar-refractivity contribution in [1.82, 2.24) is 4.90 Å². The largest absolute Gasteiger partial charge is 0.478 e.